The van der Waals surface area contributed by atoms with Crippen molar-refractivity contribution < 1.29 is 29.0 Å². The number of hydrogen-bond acceptors (Lipinski definition) is 5. The summed E-state index contributed by atoms with van der Waals surface area (Å²) in [5.41, 5.74) is 0. The minimum absolute atomic E-state index is 0.0214. The van der Waals surface area contributed by atoms with Crippen molar-refractivity contribution in [2.75, 3.05) is 6.61 Å². The molecule has 27 heavy (non-hydrogen) atoms. The molecule has 6 heteroatoms. The SMILES string of the molecule is CCCCCC(=O)O.CCCCOC(C)=O.O=C1CCC2CCCCC2O1. The molecule has 0 amide bonds. The second-order valence-electron chi connectivity index (χ2n) is 7.16. The maximum absolute atomic E-state index is 10.9. The third-order valence-electron chi connectivity index (χ3n) is 4.64. The van der Waals surface area contributed by atoms with Gasteiger partial charge in [-0.15, -0.1) is 0 Å². The third-order valence-corrected chi connectivity index (χ3v) is 4.64. The lowest BCUT2D eigenvalue weighted by molar-refractivity contribution is -0.160. The van der Waals surface area contributed by atoms with Gasteiger partial charge in [-0.3, -0.25) is 14.4 Å². The molecule has 1 saturated carbocycles. The van der Waals surface area contributed by atoms with E-state index in [1.165, 1.54) is 26.2 Å². The van der Waals surface area contributed by atoms with Crippen molar-refractivity contribution in [2.24, 2.45) is 5.92 Å². The van der Waals surface area contributed by atoms with Crippen molar-refractivity contribution in [3.8, 4) is 0 Å². The van der Waals surface area contributed by atoms with Gasteiger partial charge in [-0.2, -0.15) is 0 Å². The van der Waals surface area contributed by atoms with Crippen LogP contribution in [0.1, 0.15) is 97.8 Å². The van der Waals surface area contributed by atoms with Gasteiger partial charge in [0.15, 0.2) is 0 Å². The van der Waals surface area contributed by atoms with E-state index >= 15 is 0 Å². The number of carboxylic acid groups (broad SMARTS) is 1. The number of ether oxygens (including phenoxy) is 2. The normalized spacial score (nSPS) is 20.6. The quantitative estimate of drug-likeness (QED) is 0.495. The number of rotatable bonds is 7. The van der Waals surface area contributed by atoms with Crippen molar-refractivity contribution in [1.29, 1.82) is 0 Å². The summed E-state index contributed by atoms with van der Waals surface area (Å²) in [6, 6.07) is 0. The van der Waals surface area contributed by atoms with Gasteiger partial charge in [0.05, 0.1) is 6.61 Å². The maximum atomic E-state index is 10.9. The fraction of sp³-hybridized carbons (Fsp3) is 0.857. The Balaban J connectivity index is 0.000000387. The Morgan fingerprint density at radius 1 is 1.07 bits per heavy atom. The largest absolute Gasteiger partial charge is 0.481 e. The number of carbonyl (C=O) groups excluding carboxylic acids is 2. The van der Waals surface area contributed by atoms with Gasteiger partial charge in [-0.05, 0) is 44.4 Å². The number of hydrogen-bond donors (Lipinski definition) is 1. The van der Waals surface area contributed by atoms with Gasteiger partial charge in [-0.1, -0.05) is 39.5 Å². The third kappa shape index (κ3) is 15.2. The molecule has 0 radical (unpaired) electrons. The molecule has 0 spiro atoms. The van der Waals surface area contributed by atoms with Gasteiger partial charge in [0.1, 0.15) is 6.10 Å². The van der Waals surface area contributed by atoms with Gasteiger partial charge >= 0.3 is 17.9 Å². The Morgan fingerprint density at radius 3 is 2.33 bits per heavy atom. The number of unbranched alkanes of at least 4 members (excludes halogenated alkanes) is 3. The first kappa shape index (κ1) is 25.4. The van der Waals surface area contributed by atoms with Crippen LogP contribution >= 0.6 is 0 Å². The van der Waals surface area contributed by atoms with E-state index in [9.17, 15) is 14.4 Å². The molecular weight excluding hydrogens is 348 g/mol. The van der Waals surface area contributed by atoms with Gasteiger partial charge in [-0.25, -0.2) is 0 Å². The van der Waals surface area contributed by atoms with Gasteiger partial charge in [0.25, 0.3) is 0 Å². The lowest BCUT2D eigenvalue weighted by atomic mass is 9.82. The lowest BCUT2D eigenvalue weighted by Crippen LogP contribution is -2.34. The van der Waals surface area contributed by atoms with E-state index in [-0.39, 0.29) is 18.0 Å². The highest BCUT2D eigenvalue weighted by atomic mass is 16.5. The van der Waals surface area contributed by atoms with Crippen molar-refractivity contribution in [3.63, 3.8) is 0 Å². The van der Waals surface area contributed by atoms with Gasteiger partial charge < -0.3 is 14.6 Å². The van der Waals surface area contributed by atoms with E-state index in [1.807, 2.05) is 0 Å². The van der Waals surface area contributed by atoms with Crippen LogP contribution in [0.15, 0.2) is 0 Å². The van der Waals surface area contributed by atoms with E-state index in [0.29, 0.717) is 25.4 Å². The zero-order chi connectivity index (χ0) is 20.5. The van der Waals surface area contributed by atoms with Gasteiger partial charge in [0.2, 0.25) is 0 Å². The number of aliphatic carboxylic acids is 1. The molecule has 158 valence electrons. The van der Waals surface area contributed by atoms with E-state index in [1.54, 1.807) is 0 Å². The molecule has 1 heterocycles. The number of carboxylic acids is 1. The maximum Gasteiger partial charge on any atom is 0.306 e. The fourth-order valence-corrected chi connectivity index (χ4v) is 3.08. The highest BCUT2D eigenvalue weighted by molar-refractivity contribution is 5.70. The summed E-state index contributed by atoms with van der Waals surface area (Å²) < 4.78 is 9.89. The van der Waals surface area contributed by atoms with Crippen LogP contribution in [0, 0.1) is 5.92 Å². The first-order chi connectivity index (χ1) is 12.9. The predicted octanol–water partition coefficient (Wildman–Crippen LogP) is 4.88. The first-order valence-corrected chi connectivity index (χ1v) is 10.4. The highest BCUT2D eigenvalue weighted by Gasteiger charge is 2.32. The molecule has 2 unspecified atom stereocenters. The Bertz CT molecular complexity index is 401. The Hall–Kier alpha value is -1.59. The summed E-state index contributed by atoms with van der Waals surface area (Å²) in [5, 5.41) is 8.14. The summed E-state index contributed by atoms with van der Waals surface area (Å²) in [6.07, 6.45) is 12.3. The van der Waals surface area contributed by atoms with Crippen LogP contribution in [0.3, 0.4) is 0 Å². The summed E-state index contributed by atoms with van der Waals surface area (Å²) >= 11 is 0. The molecule has 1 aliphatic carbocycles. The van der Waals surface area contributed by atoms with Crippen LogP contribution in [0.5, 0.6) is 0 Å². The zero-order valence-electron chi connectivity index (χ0n) is 17.3. The van der Waals surface area contributed by atoms with Crippen LogP contribution in [0.4, 0.5) is 0 Å². The molecule has 6 nitrogen and oxygen atoms in total. The zero-order valence-corrected chi connectivity index (χ0v) is 17.3. The van der Waals surface area contributed by atoms with Crippen molar-refractivity contribution in [3.05, 3.63) is 0 Å². The molecule has 1 N–H and O–H groups in total. The lowest BCUT2D eigenvalue weighted by Gasteiger charge is -2.34. The molecule has 2 atom stereocenters. The molecule has 0 aromatic heterocycles. The Labute approximate surface area is 164 Å². The molecule has 1 aliphatic heterocycles. The molecule has 0 bridgehead atoms. The Kier molecular flexibility index (Phi) is 15.6. The van der Waals surface area contributed by atoms with Crippen LogP contribution in [0.2, 0.25) is 0 Å². The minimum Gasteiger partial charge on any atom is -0.481 e. The van der Waals surface area contributed by atoms with Crippen LogP contribution in [-0.4, -0.2) is 35.7 Å². The molecule has 2 rings (SSSR count). The van der Waals surface area contributed by atoms with Crippen molar-refractivity contribution in [1.82, 2.24) is 0 Å². The molecule has 1 saturated heterocycles. The highest BCUT2D eigenvalue weighted by Crippen LogP contribution is 2.33. The van der Waals surface area contributed by atoms with Crippen LogP contribution < -0.4 is 0 Å². The van der Waals surface area contributed by atoms with E-state index in [0.717, 1.165) is 44.9 Å². The molecular formula is C21H38O6. The topological polar surface area (TPSA) is 89.9 Å². The summed E-state index contributed by atoms with van der Waals surface area (Å²) in [4.78, 5) is 30.9. The van der Waals surface area contributed by atoms with Crippen molar-refractivity contribution in [2.45, 2.75) is 104 Å². The predicted molar refractivity (Wildman–Crippen MR) is 104 cm³/mol. The summed E-state index contributed by atoms with van der Waals surface area (Å²) in [5.74, 6) is -0.147. The van der Waals surface area contributed by atoms with E-state index < -0.39 is 5.97 Å². The molecule has 0 aromatic rings. The van der Waals surface area contributed by atoms with E-state index in [4.69, 9.17) is 9.84 Å². The minimum atomic E-state index is -0.682. The number of fused-ring (bicyclic) bond motifs is 1. The smallest absolute Gasteiger partial charge is 0.306 e. The monoisotopic (exact) mass is 386 g/mol. The summed E-state index contributed by atoms with van der Waals surface area (Å²) in [7, 11) is 0. The van der Waals surface area contributed by atoms with E-state index in [2.05, 4.69) is 18.6 Å². The fourth-order valence-electron chi connectivity index (χ4n) is 3.08. The number of carbonyl (C=O) groups is 3. The standard InChI is InChI=1S/C9H14O2.2C6H12O2/c10-9-6-5-7-3-1-2-4-8(7)11-9;1-3-4-5-8-6(2)7;1-2-3-4-5-6(7)8/h7-8H,1-6H2;3-5H2,1-2H3;2-5H2,1H3,(H,7,8). The first-order valence-electron chi connectivity index (χ1n) is 10.4. The molecule has 2 fully saturated rings. The Morgan fingerprint density at radius 2 is 1.74 bits per heavy atom. The van der Waals surface area contributed by atoms with Crippen LogP contribution in [0.25, 0.3) is 0 Å². The average molecular weight is 387 g/mol. The second kappa shape index (κ2) is 16.6. The molecule has 2 aliphatic rings. The number of esters is 2. The van der Waals surface area contributed by atoms with Crippen LogP contribution in [-0.2, 0) is 23.9 Å². The summed E-state index contributed by atoms with van der Waals surface area (Å²) in [6.45, 7) is 6.12. The average Bonchev–Trinajstić information content (AvgIpc) is 2.63. The molecule has 0 aromatic carbocycles. The second-order valence-corrected chi connectivity index (χ2v) is 7.16. The van der Waals surface area contributed by atoms with Crippen molar-refractivity contribution >= 4 is 17.9 Å². The van der Waals surface area contributed by atoms with Gasteiger partial charge in [0, 0.05) is 19.8 Å².